The van der Waals surface area contributed by atoms with Gasteiger partial charge in [-0.2, -0.15) is 0 Å². The summed E-state index contributed by atoms with van der Waals surface area (Å²) in [5, 5.41) is 3.50. The third-order valence-corrected chi connectivity index (χ3v) is 6.62. The molecule has 0 saturated heterocycles. The number of hydrogen-bond donors (Lipinski definition) is 1. The van der Waals surface area contributed by atoms with E-state index in [1.807, 2.05) is 6.07 Å². The summed E-state index contributed by atoms with van der Waals surface area (Å²) in [6.45, 7) is 4.28. The molecule has 1 N–H and O–H groups in total. The van der Waals surface area contributed by atoms with E-state index in [0.29, 0.717) is 33.6 Å². The Bertz CT molecular complexity index is 1080. The molecule has 162 valence electrons. The van der Waals surface area contributed by atoms with Crippen molar-refractivity contribution < 1.29 is 23.8 Å². The van der Waals surface area contributed by atoms with Gasteiger partial charge in [0.2, 0.25) is 0 Å². The zero-order chi connectivity index (χ0) is 22.0. The van der Waals surface area contributed by atoms with Crippen LogP contribution in [0.15, 0.2) is 36.1 Å². The van der Waals surface area contributed by atoms with E-state index in [4.69, 9.17) is 14.2 Å². The number of rotatable bonds is 5. The Labute approximate surface area is 185 Å². The van der Waals surface area contributed by atoms with E-state index < -0.39 is 0 Å². The number of methoxy groups -OCH3 is 1. The number of anilines is 1. The number of thiophene rings is 1. The van der Waals surface area contributed by atoms with Gasteiger partial charge in [-0.3, -0.25) is 4.79 Å². The summed E-state index contributed by atoms with van der Waals surface area (Å²) in [7, 11) is 1.59. The Hall–Kier alpha value is -3.06. The van der Waals surface area contributed by atoms with Crippen molar-refractivity contribution in [1.82, 2.24) is 0 Å². The fraction of sp³-hybridized carbons (Fsp3) is 0.333. The topological polar surface area (TPSA) is 73.9 Å². The first-order valence-corrected chi connectivity index (χ1v) is 11.2. The van der Waals surface area contributed by atoms with Gasteiger partial charge in [-0.05, 0) is 68.0 Å². The van der Waals surface area contributed by atoms with E-state index in [2.05, 4.69) is 12.2 Å². The SMILES string of the molecule is CCOC(=O)c1c(NC(=O)C2=Cc3cc(OC)ccc3OC=C2)sc2c1CCC(C)C2. The predicted octanol–water partition coefficient (Wildman–Crippen LogP) is 4.99. The van der Waals surface area contributed by atoms with Gasteiger partial charge in [0, 0.05) is 16.0 Å². The van der Waals surface area contributed by atoms with Crippen LogP contribution in [0.1, 0.15) is 46.6 Å². The van der Waals surface area contributed by atoms with Gasteiger partial charge < -0.3 is 19.5 Å². The van der Waals surface area contributed by atoms with Gasteiger partial charge in [0.05, 0.1) is 25.5 Å². The van der Waals surface area contributed by atoms with Crippen LogP contribution in [-0.4, -0.2) is 25.6 Å². The van der Waals surface area contributed by atoms with Crippen molar-refractivity contribution in [2.75, 3.05) is 19.0 Å². The summed E-state index contributed by atoms with van der Waals surface area (Å²) in [6.07, 6.45) is 7.59. The first kappa shape index (κ1) is 21.2. The lowest BCUT2D eigenvalue weighted by Crippen LogP contribution is -2.17. The maximum Gasteiger partial charge on any atom is 0.341 e. The average molecular weight is 440 g/mol. The Kier molecular flexibility index (Phi) is 6.13. The zero-order valence-corrected chi connectivity index (χ0v) is 18.6. The van der Waals surface area contributed by atoms with Crippen molar-refractivity contribution in [2.45, 2.75) is 33.1 Å². The van der Waals surface area contributed by atoms with Crippen LogP contribution in [0.4, 0.5) is 5.00 Å². The monoisotopic (exact) mass is 439 g/mol. The molecule has 0 fully saturated rings. The van der Waals surface area contributed by atoms with Gasteiger partial charge in [-0.1, -0.05) is 6.92 Å². The maximum absolute atomic E-state index is 13.1. The van der Waals surface area contributed by atoms with E-state index in [1.165, 1.54) is 17.6 Å². The highest BCUT2D eigenvalue weighted by atomic mass is 32.1. The molecule has 4 rings (SSSR count). The third kappa shape index (κ3) is 4.37. The molecule has 1 aliphatic carbocycles. The summed E-state index contributed by atoms with van der Waals surface area (Å²) in [6, 6.07) is 5.41. The highest BCUT2D eigenvalue weighted by molar-refractivity contribution is 7.17. The second kappa shape index (κ2) is 8.98. The van der Waals surface area contributed by atoms with E-state index in [1.54, 1.807) is 38.3 Å². The molecule has 6 nitrogen and oxygen atoms in total. The number of amides is 1. The Morgan fingerprint density at radius 2 is 2.16 bits per heavy atom. The molecule has 1 aromatic heterocycles. The van der Waals surface area contributed by atoms with Crippen LogP contribution in [0.3, 0.4) is 0 Å². The van der Waals surface area contributed by atoms with E-state index in [-0.39, 0.29) is 18.5 Å². The highest BCUT2D eigenvalue weighted by Crippen LogP contribution is 2.40. The largest absolute Gasteiger partial charge is 0.497 e. The number of hydrogen-bond acceptors (Lipinski definition) is 6. The first-order valence-electron chi connectivity index (χ1n) is 10.4. The third-order valence-electron chi connectivity index (χ3n) is 5.45. The lowest BCUT2D eigenvalue weighted by molar-refractivity contribution is -0.112. The van der Waals surface area contributed by atoms with Gasteiger partial charge >= 0.3 is 5.97 Å². The minimum Gasteiger partial charge on any atom is -0.497 e. The van der Waals surface area contributed by atoms with Crippen molar-refractivity contribution >= 4 is 34.3 Å². The number of esters is 1. The molecule has 0 radical (unpaired) electrons. The van der Waals surface area contributed by atoms with Crippen LogP contribution in [0.25, 0.3) is 6.08 Å². The molecule has 1 atom stereocenters. The fourth-order valence-corrected chi connectivity index (χ4v) is 5.24. The van der Waals surface area contributed by atoms with Crippen LogP contribution < -0.4 is 14.8 Å². The normalized spacial score (nSPS) is 16.9. The molecule has 0 spiro atoms. The van der Waals surface area contributed by atoms with E-state index in [9.17, 15) is 9.59 Å². The van der Waals surface area contributed by atoms with Crippen LogP contribution in [-0.2, 0) is 22.4 Å². The number of carbonyl (C=O) groups is 2. The highest BCUT2D eigenvalue weighted by Gasteiger charge is 2.29. The van der Waals surface area contributed by atoms with Crippen LogP contribution >= 0.6 is 11.3 Å². The van der Waals surface area contributed by atoms with Crippen LogP contribution in [0, 0.1) is 5.92 Å². The summed E-state index contributed by atoms with van der Waals surface area (Å²) in [5.41, 5.74) is 2.67. The number of benzene rings is 1. The van der Waals surface area contributed by atoms with Gasteiger partial charge in [0.15, 0.2) is 0 Å². The molecule has 0 saturated carbocycles. The second-order valence-corrected chi connectivity index (χ2v) is 8.76. The van der Waals surface area contributed by atoms with Crippen LogP contribution in [0.5, 0.6) is 11.5 Å². The van der Waals surface area contributed by atoms with Crippen molar-refractivity contribution in [3.63, 3.8) is 0 Å². The van der Waals surface area contributed by atoms with Crippen molar-refractivity contribution in [1.29, 1.82) is 0 Å². The Morgan fingerprint density at radius 3 is 2.94 bits per heavy atom. The molecule has 0 bridgehead atoms. The zero-order valence-electron chi connectivity index (χ0n) is 17.8. The van der Waals surface area contributed by atoms with Gasteiger partial charge in [0.1, 0.15) is 16.5 Å². The van der Waals surface area contributed by atoms with Crippen molar-refractivity contribution in [3.8, 4) is 11.5 Å². The average Bonchev–Trinajstić information content (AvgIpc) is 2.95. The summed E-state index contributed by atoms with van der Waals surface area (Å²) < 4.78 is 16.2. The number of ether oxygens (including phenoxy) is 3. The summed E-state index contributed by atoms with van der Waals surface area (Å²) in [5.74, 6) is 1.17. The lowest BCUT2D eigenvalue weighted by Gasteiger charge is -2.18. The van der Waals surface area contributed by atoms with Crippen molar-refractivity contribution in [3.05, 3.63) is 57.7 Å². The molecule has 2 heterocycles. The molecular formula is C24H25NO5S. The fourth-order valence-electron chi connectivity index (χ4n) is 3.84. The van der Waals surface area contributed by atoms with Gasteiger partial charge in [-0.15, -0.1) is 11.3 Å². The molecule has 7 heteroatoms. The number of carbonyl (C=O) groups excluding carboxylic acids is 2. The molecule has 2 aliphatic rings. The number of fused-ring (bicyclic) bond motifs is 2. The van der Waals surface area contributed by atoms with E-state index >= 15 is 0 Å². The molecule has 2 aromatic rings. The molecule has 1 aliphatic heterocycles. The van der Waals surface area contributed by atoms with Crippen molar-refractivity contribution in [2.24, 2.45) is 5.92 Å². The molecule has 1 amide bonds. The molecular weight excluding hydrogens is 414 g/mol. The minimum absolute atomic E-state index is 0.289. The molecule has 1 aromatic carbocycles. The molecule has 31 heavy (non-hydrogen) atoms. The van der Waals surface area contributed by atoms with E-state index in [0.717, 1.165) is 35.3 Å². The van der Waals surface area contributed by atoms with Crippen LogP contribution in [0.2, 0.25) is 0 Å². The van der Waals surface area contributed by atoms with Gasteiger partial charge in [0.25, 0.3) is 5.91 Å². The predicted molar refractivity (Wildman–Crippen MR) is 121 cm³/mol. The maximum atomic E-state index is 13.1. The smallest absolute Gasteiger partial charge is 0.341 e. The summed E-state index contributed by atoms with van der Waals surface area (Å²) in [4.78, 5) is 27.0. The Balaban J connectivity index is 1.66. The minimum atomic E-state index is -0.381. The molecule has 1 unspecified atom stereocenters. The standard InChI is InChI=1S/C24H25NO5S/c1-4-29-24(27)21-18-7-5-14(2)11-20(18)31-23(21)25-22(26)15-9-10-30-19-8-6-17(28-3)13-16(19)12-15/h6,8-10,12-14H,4-5,7,11H2,1-3H3,(H,25,26). The second-order valence-electron chi connectivity index (χ2n) is 7.65. The van der Waals surface area contributed by atoms with Gasteiger partial charge in [-0.25, -0.2) is 4.79 Å². The first-order chi connectivity index (χ1) is 15.0. The Morgan fingerprint density at radius 1 is 1.32 bits per heavy atom. The summed E-state index contributed by atoms with van der Waals surface area (Å²) >= 11 is 1.47. The quantitative estimate of drug-likeness (QED) is 0.665. The number of nitrogens with one attached hydrogen (secondary N) is 1. The lowest BCUT2D eigenvalue weighted by atomic mass is 9.88.